The summed E-state index contributed by atoms with van der Waals surface area (Å²) in [6.07, 6.45) is 1.59. The number of aliphatic carboxylic acids is 1. The molecule has 0 radical (unpaired) electrons. The van der Waals surface area contributed by atoms with E-state index < -0.39 is 17.8 Å². The summed E-state index contributed by atoms with van der Waals surface area (Å²) in [5.74, 6) is -2.48. The number of nitrogens with two attached hydrogens (primary N) is 1. The standard InChI is InChI=1S/C11H12N2O4S/c1-5-6(2)18-11(9(5)10(12)17)13-7(14)3-4-8(15)16/h3-4H,1-2H3,(H2,12,17)(H,13,14)(H,15,16)/b4-3+. The van der Waals surface area contributed by atoms with Gasteiger partial charge in [0.2, 0.25) is 5.91 Å². The highest BCUT2D eigenvalue weighted by molar-refractivity contribution is 7.16. The lowest BCUT2D eigenvalue weighted by atomic mass is 10.1. The fourth-order valence-electron chi connectivity index (χ4n) is 1.31. The topological polar surface area (TPSA) is 109 Å². The number of carboxylic acids is 1. The Balaban J connectivity index is 2.98. The van der Waals surface area contributed by atoms with Crippen LogP contribution in [0.4, 0.5) is 5.00 Å². The second-order valence-electron chi connectivity index (χ2n) is 3.51. The molecule has 0 aromatic carbocycles. The molecule has 1 rings (SSSR count). The largest absolute Gasteiger partial charge is 0.478 e. The van der Waals surface area contributed by atoms with Crippen LogP contribution in [-0.4, -0.2) is 22.9 Å². The van der Waals surface area contributed by atoms with Gasteiger partial charge in [0.1, 0.15) is 5.00 Å². The molecule has 1 aromatic rings. The molecule has 0 fully saturated rings. The van der Waals surface area contributed by atoms with Gasteiger partial charge in [0, 0.05) is 17.0 Å². The molecule has 1 heterocycles. The van der Waals surface area contributed by atoms with E-state index in [2.05, 4.69) is 5.32 Å². The second kappa shape index (κ2) is 5.46. The molecule has 0 aliphatic rings. The molecule has 1 aromatic heterocycles. The number of anilines is 1. The monoisotopic (exact) mass is 268 g/mol. The number of primary amides is 1. The highest BCUT2D eigenvalue weighted by Gasteiger charge is 2.18. The molecular formula is C11H12N2O4S. The molecule has 0 bridgehead atoms. The van der Waals surface area contributed by atoms with Gasteiger partial charge in [-0.3, -0.25) is 9.59 Å². The van der Waals surface area contributed by atoms with Gasteiger partial charge in [-0.25, -0.2) is 4.79 Å². The molecule has 2 amide bonds. The summed E-state index contributed by atoms with van der Waals surface area (Å²) in [5, 5.41) is 11.1. The predicted octanol–water partition coefficient (Wildman–Crippen LogP) is 1.04. The van der Waals surface area contributed by atoms with Crippen LogP contribution >= 0.6 is 11.3 Å². The van der Waals surface area contributed by atoms with Crippen molar-refractivity contribution in [3.8, 4) is 0 Å². The molecule has 7 heteroatoms. The number of thiophene rings is 1. The summed E-state index contributed by atoms with van der Waals surface area (Å²) < 4.78 is 0. The lowest BCUT2D eigenvalue weighted by Gasteiger charge is -2.01. The van der Waals surface area contributed by atoms with Crippen molar-refractivity contribution in [2.45, 2.75) is 13.8 Å². The minimum atomic E-state index is -1.22. The van der Waals surface area contributed by atoms with E-state index in [1.165, 1.54) is 11.3 Å². The molecule has 0 aliphatic carbocycles. The summed E-state index contributed by atoms with van der Waals surface area (Å²) in [7, 11) is 0. The zero-order valence-corrected chi connectivity index (χ0v) is 10.6. The minimum absolute atomic E-state index is 0.259. The Morgan fingerprint density at radius 2 is 1.89 bits per heavy atom. The number of hydrogen-bond acceptors (Lipinski definition) is 4. The van der Waals surface area contributed by atoms with Crippen LogP contribution in [0.1, 0.15) is 20.8 Å². The van der Waals surface area contributed by atoms with Crippen molar-refractivity contribution in [3.05, 3.63) is 28.2 Å². The number of carbonyl (C=O) groups is 3. The van der Waals surface area contributed by atoms with E-state index in [1.54, 1.807) is 13.8 Å². The zero-order chi connectivity index (χ0) is 13.9. The average molecular weight is 268 g/mol. The highest BCUT2D eigenvalue weighted by atomic mass is 32.1. The van der Waals surface area contributed by atoms with Crippen LogP contribution in [0, 0.1) is 13.8 Å². The third-order valence-corrected chi connectivity index (χ3v) is 3.37. The number of nitrogens with one attached hydrogen (secondary N) is 1. The SMILES string of the molecule is Cc1sc(NC(=O)/C=C/C(=O)O)c(C(N)=O)c1C. The van der Waals surface area contributed by atoms with E-state index >= 15 is 0 Å². The van der Waals surface area contributed by atoms with Crippen molar-refractivity contribution in [3.63, 3.8) is 0 Å². The van der Waals surface area contributed by atoms with Gasteiger partial charge in [0.25, 0.3) is 5.91 Å². The Morgan fingerprint density at radius 1 is 1.28 bits per heavy atom. The first kappa shape index (κ1) is 13.9. The van der Waals surface area contributed by atoms with Gasteiger partial charge in [-0.2, -0.15) is 0 Å². The first-order valence-electron chi connectivity index (χ1n) is 4.94. The Morgan fingerprint density at radius 3 is 2.39 bits per heavy atom. The summed E-state index contributed by atoms with van der Waals surface area (Å²) in [6.45, 7) is 3.53. The molecule has 0 saturated heterocycles. The number of hydrogen-bond donors (Lipinski definition) is 3. The van der Waals surface area contributed by atoms with Gasteiger partial charge >= 0.3 is 5.97 Å². The Bertz CT molecular complexity index is 545. The maximum absolute atomic E-state index is 11.4. The Hall–Kier alpha value is -2.15. The van der Waals surface area contributed by atoms with Crippen LogP contribution < -0.4 is 11.1 Å². The van der Waals surface area contributed by atoms with Gasteiger partial charge in [-0.05, 0) is 19.4 Å². The zero-order valence-electron chi connectivity index (χ0n) is 9.81. The molecule has 0 aliphatic heterocycles. The molecule has 96 valence electrons. The minimum Gasteiger partial charge on any atom is -0.478 e. The van der Waals surface area contributed by atoms with Crippen molar-refractivity contribution in [2.24, 2.45) is 5.73 Å². The molecule has 0 unspecified atom stereocenters. The quantitative estimate of drug-likeness (QED) is 0.709. The van der Waals surface area contributed by atoms with Gasteiger partial charge in [-0.15, -0.1) is 11.3 Å². The molecule has 0 saturated carbocycles. The number of carboxylic acid groups (broad SMARTS) is 1. The lowest BCUT2D eigenvalue weighted by Crippen LogP contribution is -2.16. The molecule has 0 atom stereocenters. The molecular weight excluding hydrogens is 256 g/mol. The van der Waals surface area contributed by atoms with Crippen molar-refractivity contribution < 1.29 is 19.5 Å². The third-order valence-electron chi connectivity index (χ3n) is 2.25. The highest BCUT2D eigenvalue weighted by Crippen LogP contribution is 2.31. The van der Waals surface area contributed by atoms with Gasteiger partial charge in [0.15, 0.2) is 0 Å². The summed E-state index contributed by atoms with van der Waals surface area (Å²) in [6, 6.07) is 0. The van der Waals surface area contributed by atoms with E-state index in [4.69, 9.17) is 10.8 Å². The predicted molar refractivity (Wildman–Crippen MR) is 67.7 cm³/mol. The van der Waals surface area contributed by atoms with Gasteiger partial charge in [-0.1, -0.05) is 0 Å². The van der Waals surface area contributed by atoms with Crippen molar-refractivity contribution in [1.29, 1.82) is 0 Å². The number of amides is 2. The summed E-state index contributed by atoms with van der Waals surface area (Å²) in [5.41, 5.74) is 6.20. The first-order chi connectivity index (χ1) is 8.32. The number of aryl methyl sites for hydroxylation is 1. The average Bonchev–Trinajstić information content (AvgIpc) is 2.51. The molecule has 0 spiro atoms. The number of carbonyl (C=O) groups excluding carboxylic acids is 2. The van der Waals surface area contributed by atoms with Crippen LogP contribution in [0.5, 0.6) is 0 Å². The smallest absolute Gasteiger partial charge is 0.328 e. The first-order valence-corrected chi connectivity index (χ1v) is 5.76. The maximum atomic E-state index is 11.4. The molecule has 4 N–H and O–H groups in total. The van der Waals surface area contributed by atoms with E-state index in [9.17, 15) is 14.4 Å². The summed E-state index contributed by atoms with van der Waals surface area (Å²) >= 11 is 1.22. The molecule has 18 heavy (non-hydrogen) atoms. The normalized spacial score (nSPS) is 10.6. The van der Waals surface area contributed by atoms with Crippen LogP contribution in [0.2, 0.25) is 0 Å². The van der Waals surface area contributed by atoms with E-state index in [-0.39, 0.29) is 5.56 Å². The van der Waals surface area contributed by atoms with E-state index in [1.807, 2.05) is 0 Å². The van der Waals surface area contributed by atoms with Gasteiger partial charge in [0.05, 0.1) is 5.56 Å². The van der Waals surface area contributed by atoms with Crippen LogP contribution in [0.3, 0.4) is 0 Å². The van der Waals surface area contributed by atoms with E-state index in [0.717, 1.165) is 11.0 Å². The van der Waals surface area contributed by atoms with Crippen LogP contribution in [-0.2, 0) is 9.59 Å². The lowest BCUT2D eigenvalue weighted by molar-refractivity contribution is -0.131. The maximum Gasteiger partial charge on any atom is 0.328 e. The third kappa shape index (κ3) is 3.17. The number of rotatable bonds is 4. The van der Waals surface area contributed by atoms with Crippen LogP contribution in [0.15, 0.2) is 12.2 Å². The fourth-order valence-corrected chi connectivity index (χ4v) is 2.38. The second-order valence-corrected chi connectivity index (χ2v) is 4.74. The van der Waals surface area contributed by atoms with Crippen molar-refractivity contribution in [2.75, 3.05) is 5.32 Å². The van der Waals surface area contributed by atoms with Crippen molar-refractivity contribution >= 4 is 34.1 Å². The Labute approximate surface area is 107 Å². The summed E-state index contributed by atoms with van der Waals surface area (Å²) in [4.78, 5) is 33.8. The van der Waals surface area contributed by atoms with Gasteiger partial charge < -0.3 is 16.2 Å². The fraction of sp³-hybridized carbons (Fsp3) is 0.182. The van der Waals surface area contributed by atoms with E-state index in [0.29, 0.717) is 16.6 Å². The molecule has 6 nitrogen and oxygen atoms in total. The van der Waals surface area contributed by atoms with Crippen molar-refractivity contribution in [1.82, 2.24) is 0 Å². The Kier molecular flexibility index (Phi) is 4.22. The van der Waals surface area contributed by atoms with Crippen LogP contribution in [0.25, 0.3) is 0 Å².